The number of fused-ring (bicyclic) bond motifs is 2. The Morgan fingerprint density at radius 3 is 2.66 bits per heavy atom. The molecular weight excluding hydrogens is 508 g/mol. The van der Waals surface area contributed by atoms with Crippen molar-refractivity contribution < 1.29 is 19.1 Å². The van der Waals surface area contributed by atoms with Crippen LogP contribution in [0.5, 0.6) is 0 Å². The van der Waals surface area contributed by atoms with Gasteiger partial charge < -0.3 is 14.5 Å². The van der Waals surface area contributed by atoms with Crippen molar-refractivity contribution in [2.75, 3.05) is 4.90 Å². The molecule has 2 aromatic heterocycles. The molecule has 3 aromatic carbocycles. The number of carbonyl (C=O) groups is 2. The van der Waals surface area contributed by atoms with Crippen molar-refractivity contribution in [2.24, 2.45) is 0 Å². The zero-order chi connectivity index (χ0) is 24.3. The van der Waals surface area contributed by atoms with Crippen LogP contribution in [-0.2, 0) is 4.79 Å². The molecule has 1 unspecified atom stereocenters. The SMILES string of the molecule is Cc1ccccc1N1C(=O)C(O)=C(C(=O)c2cc3cc(Br)ccc3o2)C1c1c[nH]c2ccccc12. The van der Waals surface area contributed by atoms with E-state index in [1.165, 1.54) is 4.90 Å². The fourth-order valence-corrected chi connectivity index (χ4v) is 5.17. The molecule has 7 heteroatoms. The van der Waals surface area contributed by atoms with Crippen molar-refractivity contribution in [2.45, 2.75) is 13.0 Å². The summed E-state index contributed by atoms with van der Waals surface area (Å²) in [4.78, 5) is 32.0. The van der Waals surface area contributed by atoms with Crippen molar-refractivity contribution in [3.8, 4) is 0 Å². The molecule has 0 saturated carbocycles. The average Bonchev–Trinajstić information content (AvgIpc) is 3.53. The Kier molecular flexibility index (Phi) is 4.89. The van der Waals surface area contributed by atoms with Gasteiger partial charge in [0.25, 0.3) is 5.91 Å². The first-order valence-corrected chi connectivity index (χ1v) is 11.9. The number of aliphatic hydroxyl groups is 1. The number of nitrogens with one attached hydrogen (secondary N) is 1. The number of benzene rings is 3. The highest BCUT2D eigenvalue weighted by atomic mass is 79.9. The molecule has 0 radical (unpaired) electrons. The number of aromatic nitrogens is 1. The number of aryl methyl sites for hydroxylation is 1. The van der Waals surface area contributed by atoms with E-state index in [1.807, 2.05) is 67.6 Å². The van der Waals surface area contributed by atoms with E-state index in [1.54, 1.807) is 18.3 Å². The van der Waals surface area contributed by atoms with Gasteiger partial charge in [-0.2, -0.15) is 0 Å². The first-order valence-electron chi connectivity index (χ1n) is 11.1. The topological polar surface area (TPSA) is 86.5 Å². The summed E-state index contributed by atoms with van der Waals surface area (Å²) in [6, 6.07) is 21.3. The first-order chi connectivity index (χ1) is 16.9. The number of nitrogens with zero attached hydrogens (tertiary/aromatic N) is 1. The minimum Gasteiger partial charge on any atom is -0.503 e. The van der Waals surface area contributed by atoms with Crippen LogP contribution in [0.4, 0.5) is 5.69 Å². The normalized spacial score (nSPS) is 16.1. The van der Waals surface area contributed by atoms with E-state index < -0.39 is 23.5 Å². The molecule has 3 heterocycles. The zero-order valence-electron chi connectivity index (χ0n) is 18.6. The summed E-state index contributed by atoms with van der Waals surface area (Å²) in [7, 11) is 0. The van der Waals surface area contributed by atoms with Crippen LogP contribution in [0.15, 0.2) is 99.2 Å². The summed E-state index contributed by atoms with van der Waals surface area (Å²) in [5.74, 6) is -1.68. The van der Waals surface area contributed by atoms with E-state index in [9.17, 15) is 14.7 Å². The first kappa shape index (κ1) is 21.4. The minimum absolute atomic E-state index is 0.0128. The number of aromatic amines is 1. The van der Waals surface area contributed by atoms with Crippen LogP contribution in [0, 0.1) is 6.92 Å². The molecule has 6 rings (SSSR count). The molecule has 1 atom stereocenters. The predicted molar refractivity (Wildman–Crippen MR) is 138 cm³/mol. The fraction of sp³-hybridized carbons (Fsp3) is 0.0714. The third kappa shape index (κ3) is 3.31. The minimum atomic E-state index is -0.841. The van der Waals surface area contributed by atoms with Gasteiger partial charge in [0.05, 0.1) is 11.6 Å². The lowest BCUT2D eigenvalue weighted by atomic mass is 9.94. The molecule has 1 aliphatic rings. The van der Waals surface area contributed by atoms with Crippen LogP contribution in [0.3, 0.4) is 0 Å². The van der Waals surface area contributed by atoms with Crippen LogP contribution in [0.1, 0.15) is 27.7 Å². The largest absolute Gasteiger partial charge is 0.503 e. The lowest BCUT2D eigenvalue weighted by Gasteiger charge is -2.27. The van der Waals surface area contributed by atoms with Crippen LogP contribution in [0.2, 0.25) is 0 Å². The second-order valence-electron chi connectivity index (χ2n) is 8.54. The maximum absolute atomic E-state index is 13.8. The zero-order valence-corrected chi connectivity index (χ0v) is 20.2. The standard InChI is InChI=1S/C28H19BrN2O4/c1-15-6-2-5-9-21(15)31-25(19-14-30-20-8-4-3-7-18(19)20)24(27(33)28(31)34)26(32)23-13-16-12-17(29)10-11-22(16)35-23/h2-14,25,30,33H,1H3. The molecule has 172 valence electrons. The van der Waals surface area contributed by atoms with Crippen molar-refractivity contribution >= 4 is 55.2 Å². The molecule has 0 saturated heterocycles. The Hall–Kier alpha value is -4.10. The maximum atomic E-state index is 13.8. The number of Topliss-reactive ketones (excluding diaryl/α,β-unsaturated/α-hetero) is 1. The molecule has 6 nitrogen and oxygen atoms in total. The van der Waals surface area contributed by atoms with E-state index in [-0.39, 0.29) is 11.3 Å². The quantitative estimate of drug-likeness (QED) is 0.253. The van der Waals surface area contributed by atoms with Gasteiger partial charge in [0, 0.05) is 38.2 Å². The van der Waals surface area contributed by atoms with E-state index >= 15 is 0 Å². The molecule has 35 heavy (non-hydrogen) atoms. The number of halogens is 1. The lowest BCUT2D eigenvalue weighted by Crippen LogP contribution is -2.31. The van der Waals surface area contributed by atoms with E-state index in [4.69, 9.17) is 4.42 Å². The van der Waals surface area contributed by atoms with E-state index in [0.29, 0.717) is 16.8 Å². The van der Waals surface area contributed by atoms with Gasteiger partial charge in [-0.05, 0) is 48.9 Å². The Morgan fingerprint density at radius 1 is 1.06 bits per heavy atom. The lowest BCUT2D eigenvalue weighted by molar-refractivity contribution is -0.117. The molecular formula is C28H19BrN2O4. The predicted octanol–water partition coefficient (Wildman–Crippen LogP) is 6.77. The van der Waals surface area contributed by atoms with Gasteiger partial charge in [0.2, 0.25) is 5.78 Å². The number of furan rings is 1. The third-order valence-corrected chi connectivity index (χ3v) is 6.94. The molecule has 0 fully saturated rings. The second kappa shape index (κ2) is 7.99. The van der Waals surface area contributed by atoms with Crippen LogP contribution >= 0.6 is 15.9 Å². The van der Waals surface area contributed by atoms with Crippen LogP contribution in [0.25, 0.3) is 21.9 Å². The molecule has 0 aliphatic carbocycles. The van der Waals surface area contributed by atoms with Gasteiger partial charge >= 0.3 is 0 Å². The van der Waals surface area contributed by atoms with Gasteiger partial charge in [-0.1, -0.05) is 52.3 Å². The summed E-state index contributed by atoms with van der Waals surface area (Å²) in [6.45, 7) is 1.89. The third-order valence-electron chi connectivity index (χ3n) is 6.45. The summed E-state index contributed by atoms with van der Waals surface area (Å²) in [6.07, 6.45) is 1.79. The number of anilines is 1. The average molecular weight is 527 g/mol. The Labute approximate surface area is 208 Å². The second-order valence-corrected chi connectivity index (χ2v) is 9.45. The number of hydrogen-bond donors (Lipinski definition) is 2. The highest BCUT2D eigenvalue weighted by Gasteiger charge is 2.46. The molecule has 1 amide bonds. The van der Waals surface area contributed by atoms with Crippen molar-refractivity contribution in [1.29, 1.82) is 0 Å². The summed E-state index contributed by atoms with van der Waals surface area (Å²) in [5, 5.41) is 12.7. The number of aliphatic hydroxyl groups excluding tert-OH is 1. The Balaban J connectivity index is 1.56. The Bertz CT molecular complexity index is 1690. The molecule has 0 spiro atoms. The molecule has 1 aliphatic heterocycles. The summed E-state index contributed by atoms with van der Waals surface area (Å²) in [5.41, 5.74) is 3.58. The van der Waals surface area contributed by atoms with Crippen molar-refractivity contribution in [3.05, 3.63) is 112 Å². The van der Waals surface area contributed by atoms with Gasteiger partial charge in [0.15, 0.2) is 11.5 Å². The number of hydrogen-bond acceptors (Lipinski definition) is 4. The van der Waals surface area contributed by atoms with Gasteiger partial charge in [-0.25, -0.2) is 0 Å². The number of para-hydroxylation sites is 2. The van der Waals surface area contributed by atoms with Crippen molar-refractivity contribution in [1.82, 2.24) is 4.98 Å². The number of carbonyl (C=O) groups excluding carboxylic acids is 2. The molecule has 5 aromatic rings. The van der Waals surface area contributed by atoms with Crippen LogP contribution < -0.4 is 4.90 Å². The number of ketones is 1. The highest BCUT2D eigenvalue weighted by molar-refractivity contribution is 9.10. The number of amides is 1. The van der Waals surface area contributed by atoms with Crippen LogP contribution in [-0.4, -0.2) is 21.8 Å². The number of H-pyrrole nitrogens is 1. The summed E-state index contributed by atoms with van der Waals surface area (Å²) >= 11 is 3.43. The van der Waals surface area contributed by atoms with E-state index in [0.717, 1.165) is 26.3 Å². The van der Waals surface area contributed by atoms with Gasteiger partial charge in [-0.3, -0.25) is 14.5 Å². The smallest absolute Gasteiger partial charge is 0.294 e. The molecule has 2 N–H and O–H groups in total. The highest BCUT2D eigenvalue weighted by Crippen LogP contribution is 2.45. The fourth-order valence-electron chi connectivity index (χ4n) is 4.79. The Morgan fingerprint density at radius 2 is 1.83 bits per heavy atom. The van der Waals surface area contributed by atoms with E-state index in [2.05, 4.69) is 20.9 Å². The monoisotopic (exact) mass is 526 g/mol. The van der Waals surface area contributed by atoms with Gasteiger partial charge in [0.1, 0.15) is 5.58 Å². The molecule has 0 bridgehead atoms. The van der Waals surface area contributed by atoms with Crippen molar-refractivity contribution in [3.63, 3.8) is 0 Å². The number of rotatable bonds is 4. The summed E-state index contributed by atoms with van der Waals surface area (Å²) < 4.78 is 6.70. The van der Waals surface area contributed by atoms with Gasteiger partial charge in [-0.15, -0.1) is 0 Å². The maximum Gasteiger partial charge on any atom is 0.294 e.